The Labute approximate surface area is 161 Å². The third-order valence-electron chi connectivity index (χ3n) is 4.10. The van der Waals surface area contributed by atoms with Crippen molar-refractivity contribution < 1.29 is 23.5 Å². The molecule has 142 valence electrons. The Balaban J connectivity index is 1.57. The zero-order valence-corrected chi connectivity index (χ0v) is 15.8. The second-order valence-electron chi connectivity index (χ2n) is 6.17. The van der Waals surface area contributed by atoms with E-state index in [9.17, 15) is 14.4 Å². The molecule has 1 saturated heterocycles. The molecule has 2 atom stereocenters. The summed E-state index contributed by atoms with van der Waals surface area (Å²) in [5.74, 6) is -0.320. The van der Waals surface area contributed by atoms with Gasteiger partial charge in [0.15, 0.2) is 6.61 Å². The molecule has 1 aliphatic rings. The molecule has 1 aromatic carbocycles. The molecule has 0 aliphatic carbocycles. The first kappa shape index (κ1) is 19.0. The molecule has 27 heavy (non-hydrogen) atoms. The van der Waals surface area contributed by atoms with Crippen LogP contribution in [0.15, 0.2) is 47.1 Å². The summed E-state index contributed by atoms with van der Waals surface area (Å²) in [4.78, 5) is 37.9. The smallest absolute Gasteiger partial charge is 0.330 e. The van der Waals surface area contributed by atoms with Gasteiger partial charge in [-0.05, 0) is 31.2 Å². The fourth-order valence-electron chi connectivity index (χ4n) is 2.79. The zero-order valence-electron chi connectivity index (χ0n) is 15.0. The third-order valence-corrected chi connectivity index (χ3v) is 5.39. The van der Waals surface area contributed by atoms with Crippen molar-refractivity contribution in [1.29, 1.82) is 0 Å². The van der Waals surface area contributed by atoms with Crippen LogP contribution < -0.4 is 5.32 Å². The number of anilines is 1. The lowest BCUT2D eigenvalue weighted by atomic mass is 10.2. The lowest BCUT2D eigenvalue weighted by Gasteiger charge is -2.25. The van der Waals surface area contributed by atoms with Crippen molar-refractivity contribution in [3.63, 3.8) is 0 Å². The van der Waals surface area contributed by atoms with Crippen LogP contribution in [0.2, 0.25) is 0 Å². The van der Waals surface area contributed by atoms with Crippen LogP contribution in [0.1, 0.15) is 23.6 Å². The van der Waals surface area contributed by atoms with E-state index in [0.717, 1.165) is 5.56 Å². The van der Waals surface area contributed by atoms with Gasteiger partial charge in [0.1, 0.15) is 17.2 Å². The summed E-state index contributed by atoms with van der Waals surface area (Å²) in [6.07, 6.45) is 1.52. The summed E-state index contributed by atoms with van der Waals surface area (Å²) in [7, 11) is 0. The summed E-state index contributed by atoms with van der Waals surface area (Å²) >= 11 is 1.42. The Bertz CT molecular complexity index is 819. The van der Waals surface area contributed by atoms with Crippen LogP contribution in [0.3, 0.4) is 0 Å². The molecule has 1 N–H and O–H groups in total. The largest absolute Gasteiger partial charge is 0.466 e. The summed E-state index contributed by atoms with van der Waals surface area (Å²) < 4.78 is 10.5. The average molecular weight is 388 g/mol. The van der Waals surface area contributed by atoms with Crippen molar-refractivity contribution in [2.24, 2.45) is 0 Å². The van der Waals surface area contributed by atoms with Crippen molar-refractivity contribution in [3.8, 4) is 0 Å². The molecule has 1 aromatic heterocycles. The highest BCUT2D eigenvalue weighted by molar-refractivity contribution is 7.99. The van der Waals surface area contributed by atoms with E-state index in [0.29, 0.717) is 17.2 Å². The summed E-state index contributed by atoms with van der Waals surface area (Å²) in [6, 6.07) is 10.0. The molecule has 2 heterocycles. The number of thioether (sulfide) groups is 1. The van der Waals surface area contributed by atoms with Gasteiger partial charge in [-0.1, -0.05) is 17.7 Å². The Hall–Kier alpha value is -2.74. The molecule has 0 unspecified atom stereocenters. The van der Waals surface area contributed by atoms with Crippen molar-refractivity contribution in [2.75, 3.05) is 17.7 Å². The second-order valence-corrected chi connectivity index (χ2v) is 7.28. The maximum absolute atomic E-state index is 12.4. The van der Waals surface area contributed by atoms with Gasteiger partial charge in [0.25, 0.3) is 5.91 Å². The van der Waals surface area contributed by atoms with Gasteiger partial charge in [-0.2, -0.15) is 0 Å². The number of aryl methyl sites for hydroxylation is 1. The van der Waals surface area contributed by atoms with Gasteiger partial charge >= 0.3 is 5.97 Å². The topological polar surface area (TPSA) is 88.8 Å². The molecule has 2 amide bonds. The summed E-state index contributed by atoms with van der Waals surface area (Å²) in [6.45, 7) is 2.93. The monoisotopic (exact) mass is 388 g/mol. The standard InChI is InChI=1S/C19H20N2O5S/c1-12-5-7-14(8-6-12)20-17(23)10-26-19(24)15-11-27-18(21(15)13(2)22)16-4-3-9-25-16/h3-9,15,18H,10-11H2,1-2H3,(H,20,23)/t15-,18-/m0/s1. The number of furan rings is 1. The Morgan fingerprint density at radius 2 is 2.00 bits per heavy atom. The van der Waals surface area contributed by atoms with Crippen LogP contribution in [0, 0.1) is 6.92 Å². The molecule has 7 nitrogen and oxygen atoms in total. The first-order chi connectivity index (χ1) is 13.0. The molecule has 0 spiro atoms. The van der Waals surface area contributed by atoms with Gasteiger partial charge in [0.05, 0.1) is 6.26 Å². The van der Waals surface area contributed by atoms with E-state index in [-0.39, 0.29) is 11.3 Å². The minimum atomic E-state index is -0.755. The quantitative estimate of drug-likeness (QED) is 0.793. The van der Waals surface area contributed by atoms with Crippen LogP contribution in [-0.2, 0) is 19.1 Å². The predicted molar refractivity (Wildman–Crippen MR) is 101 cm³/mol. The molecule has 2 aromatic rings. The Morgan fingerprint density at radius 1 is 1.26 bits per heavy atom. The Kier molecular flexibility index (Phi) is 5.85. The fraction of sp³-hybridized carbons (Fsp3) is 0.316. The van der Waals surface area contributed by atoms with Crippen molar-refractivity contribution >= 4 is 35.2 Å². The molecule has 0 bridgehead atoms. The molecule has 8 heteroatoms. The van der Waals surface area contributed by atoms with Crippen molar-refractivity contribution in [2.45, 2.75) is 25.3 Å². The molecule has 1 fully saturated rings. The van der Waals surface area contributed by atoms with Crippen molar-refractivity contribution in [1.82, 2.24) is 4.90 Å². The van der Waals surface area contributed by atoms with E-state index in [1.807, 2.05) is 19.1 Å². The van der Waals surface area contributed by atoms with E-state index >= 15 is 0 Å². The number of amides is 2. The van der Waals surface area contributed by atoms with Gasteiger partial charge < -0.3 is 19.4 Å². The highest BCUT2D eigenvalue weighted by Gasteiger charge is 2.43. The van der Waals surface area contributed by atoms with Crippen LogP contribution in [0.5, 0.6) is 0 Å². The van der Waals surface area contributed by atoms with E-state index in [2.05, 4.69) is 5.32 Å². The molecular weight excluding hydrogens is 368 g/mol. The second kappa shape index (κ2) is 8.30. The maximum atomic E-state index is 12.4. The predicted octanol–water partition coefficient (Wildman–Crippen LogP) is 2.73. The van der Waals surface area contributed by atoms with Crippen LogP contribution >= 0.6 is 11.8 Å². The van der Waals surface area contributed by atoms with Gasteiger partial charge in [0.2, 0.25) is 5.91 Å². The minimum absolute atomic E-state index is 0.257. The van der Waals surface area contributed by atoms with Crippen LogP contribution in [0.4, 0.5) is 5.69 Å². The third kappa shape index (κ3) is 4.51. The lowest BCUT2D eigenvalue weighted by molar-refractivity contribution is -0.155. The highest BCUT2D eigenvalue weighted by Crippen LogP contribution is 2.41. The van der Waals surface area contributed by atoms with E-state index < -0.39 is 24.5 Å². The Morgan fingerprint density at radius 3 is 2.63 bits per heavy atom. The minimum Gasteiger partial charge on any atom is -0.466 e. The van der Waals surface area contributed by atoms with E-state index in [1.54, 1.807) is 24.3 Å². The molecule has 3 rings (SSSR count). The first-order valence-electron chi connectivity index (χ1n) is 8.43. The number of ether oxygens (including phenoxy) is 1. The number of esters is 1. The molecule has 1 aliphatic heterocycles. The number of hydrogen-bond acceptors (Lipinski definition) is 6. The number of hydrogen-bond donors (Lipinski definition) is 1. The average Bonchev–Trinajstić information content (AvgIpc) is 3.30. The maximum Gasteiger partial charge on any atom is 0.330 e. The molecular formula is C19H20N2O5S. The zero-order chi connectivity index (χ0) is 19.4. The highest BCUT2D eigenvalue weighted by atomic mass is 32.2. The number of rotatable bonds is 5. The number of nitrogens with zero attached hydrogens (tertiary/aromatic N) is 1. The number of carbonyl (C=O) groups is 3. The summed E-state index contributed by atoms with van der Waals surface area (Å²) in [5.41, 5.74) is 1.70. The van der Waals surface area contributed by atoms with E-state index in [4.69, 9.17) is 9.15 Å². The molecule has 0 radical (unpaired) electrons. The molecule has 0 saturated carbocycles. The lowest BCUT2D eigenvalue weighted by Crippen LogP contribution is -2.43. The first-order valence-corrected chi connectivity index (χ1v) is 9.47. The SMILES string of the molecule is CC(=O)N1[C@H](C(=O)OCC(=O)Nc2ccc(C)cc2)CS[C@H]1c1ccco1. The van der Waals surface area contributed by atoms with Crippen molar-refractivity contribution in [3.05, 3.63) is 54.0 Å². The van der Waals surface area contributed by atoms with Gasteiger partial charge in [-0.25, -0.2) is 4.79 Å². The number of benzene rings is 1. The van der Waals surface area contributed by atoms with E-state index in [1.165, 1.54) is 29.8 Å². The fourth-order valence-corrected chi connectivity index (χ4v) is 4.21. The van der Waals surface area contributed by atoms with Gasteiger partial charge in [0, 0.05) is 18.4 Å². The number of carbonyl (C=O) groups excluding carboxylic acids is 3. The van der Waals surface area contributed by atoms with Gasteiger partial charge in [-0.15, -0.1) is 11.8 Å². The van der Waals surface area contributed by atoms with Crippen LogP contribution in [0.25, 0.3) is 0 Å². The van der Waals surface area contributed by atoms with Gasteiger partial charge in [-0.3, -0.25) is 9.59 Å². The van der Waals surface area contributed by atoms with Crippen LogP contribution in [-0.4, -0.2) is 41.1 Å². The normalized spacial score (nSPS) is 19.0. The number of nitrogens with one attached hydrogen (secondary N) is 1. The summed E-state index contributed by atoms with van der Waals surface area (Å²) in [5, 5.41) is 2.28.